The molecule has 0 aliphatic carbocycles. The third-order valence-corrected chi connectivity index (χ3v) is 6.14. The summed E-state index contributed by atoms with van der Waals surface area (Å²) in [6.07, 6.45) is 0. The van der Waals surface area contributed by atoms with E-state index in [-0.39, 0.29) is 22.7 Å². The molecule has 26 heavy (non-hydrogen) atoms. The van der Waals surface area contributed by atoms with Crippen LogP contribution in [0.2, 0.25) is 0 Å². The van der Waals surface area contributed by atoms with Gasteiger partial charge in [0, 0.05) is 16.7 Å². The minimum absolute atomic E-state index is 0. The number of carbonyl (C=O) groups is 1. The molecule has 3 aromatic carbocycles. The Morgan fingerprint density at radius 3 is 1.42 bits per heavy atom. The predicted octanol–water partition coefficient (Wildman–Crippen LogP) is 2.55. The van der Waals surface area contributed by atoms with Gasteiger partial charge >= 0.3 is 5.71 Å². The van der Waals surface area contributed by atoms with Crippen molar-refractivity contribution < 1.29 is 26.5 Å². The molecule has 134 valence electrons. The largest absolute Gasteiger partial charge is 1.00 e. The summed E-state index contributed by atoms with van der Waals surface area (Å²) < 4.78 is 5.36. The molecule has 0 aliphatic rings. The first-order chi connectivity index (χ1) is 12.3. The summed E-state index contributed by atoms with van der Waals surface area (Å²) in [6, 6.07) is 30.8. The molecular formula is C22H22BrO2P. The lowest BCUT2D eigenvalue weighted by Crippen LogP contribution is -3.00. The molecule has 0 saturated carbocycles. The van der Waals surface area contributed by atoms with Crippen LogP contribution in [0.5, 0.6) is 0 Å². The van der Waals surface area contributed by atoms with E-state index in [1.54, 1.807) is 0 Å². The predicted molar refractivity (Wildman–Crippen MR) is 106 cm³/mol. The van der Waals surface area contributed by atoms with Crippen LogP contribution in [0.3, 0.4) is 0 Å². The molecule has 0 bridgehead atoms. The molecule has 0 heterocycles. The van der Waals surface area contributed by atoms with Crippen LogP contribution >= 0.6 is 8.58 Å². The molecule has 0 aromatic heterocycles. The normalized spacial score (nSPS) is 11.1. The maximum absolute atomic E-state index is 12.6. The molecule has 1 unspecified atom stereocenters. The molecule has 2 nitrogen and oxygen atoms in total. The summed E-state index contributed by atoms with van der Waals surface area (Å²) in [6.45, 7) is 2.26. The summed E-state index contributed by atoms with van der Waals surface area (Å²) in [5.74, 6) is 0. The topological polar surface area (TPSA) is 26.3 Å². The third kappa shape index (κ3) is 4.23. The van der Waals surface area contributed by atoms with Crippen molar-refractivity contribution in [2.24, 2.45) is 0 Å². The Hall–Kier alpha value is -1.96. The van der Waals surface area contributed by atoms with Gasteiger partial charge in [0.1, 0.15) is 8.58 Å². The van der Waals surface area contributed by atoms with Crippen molar-refractivity contribution in [1.82, 2.24) is 0 Å². The van der Waals surface area contributed by atoms with Crippen LogP contribution in [0.1, 0.15) is 23.6 Å². The van der Waals surface area contributed by atoms with Gasteiger partial charge in [-0.05, 0) is 6.92 Å². The van der Waals surface area contributed by atoms with Crippen LogP contribution < -0.4 is 17.0 Å². The molecule has 3 rings (SSSR count). The molecular weight excluding hydrogens is 407 g/mol. The number of rotatable bonds is 6. The number of hydrogen-bond acceptors (Lipinski definition) is 2. The van der Waals surface area contributed by atoms with Gasteiger partial charge in [0.2, 0.25) is 0 Å². The van der Waals surface area contributed by atoms with Crippen LogP contribution in [-0.4, -0.2) is 12.3 Å². The zero-order valence-electron chi connectivity index (χ0n) is 14.6. The highest BCUT2D eigenvalue weighted by atomic mass is 79.9. The number of hydrogen-bond donors (Lipinski definition) is 0. The van der Waals surface area contributed by atoms with E-state index in [0.29, 0.717) is 6.61 Å². The lowest BCUT2D eigenvalue weighted by atomic mass is 9.84. The van der Waals surface area contributed by atoms with Crippen LogP contribution in [-0.2, 0) is 9.89 Å². The van der Waals surface area contributed by atoms with E-state index in [9.17, 15) is 4.79 Å². The Morgan fingerprint density at radius 2 is 1.12 bits per heavy atom. The standard InChI is InChI=1S/C22H21O2P.BrH/c1-2-24-21(23)25-22(18-12-6-3-7-13-18,19-14-8-4-9-15-19)20-16-10-5-11-17-20;/h3-17,25H,2H2,1H3;1H. The van der Waals surface area contributed by atoms with Gasteiger partial charge in [0.15, 0.2) is 5.16 Å². The Bertz CT molecular complexity index is 711. The molecule has 1 atom stereocenters. The molecule has 4 heteroatoms. The van der Waals surface area contributed by atoms with Gasteiger partial charge in [-0.25, -0.2) is 4.79 Å². The first-order valence-electron chi connectivity index (χ1n) is 8.46. The number of ether oxygens (including phenoxy) is 1. The maximum Gasteiger partial charge on any atom is 0.447 e. The summed E-state index contributed by atoms with van der Waals surface area (Å²) in [5.41, 5.74) is 3.25. The van der Waals surface area contributed by atoms with E-state index in [2.05, 4.69) is 36.4 Å². The second-order valence-corrected chi connectivity index (χ2v) is 7.43. The summed E-state index contributed by atoms with van der Waals surface area (Å²) in [4.78, 5) is 12.6. The molecule has 0 radical (unpaired) electrons. The van der Waals surface area contributed by atoms with Gasteiger partial charge in [0.25, 0.3) is 0 Å². The fourth-order valence-corrected chi connectivity index (χ4v) is 4.89. The zero-order chi connectivity index (χ0) is 17.5. The lowest BCUT2D eigenvalue weighted by Gasteiger charge is -2.29. The second kappa shape index (κ2) is 9.66. The maximum atomic E-state index is 12.6. The van der Waals surface area contributed by atoms with Crippen LogP contribution in [0.15, 0.2) is 91.0 Å². The van der Waals surface area contributed by atoms with E-state index < -0.39 is 13.7 Å². The first kappa shape index (κ1) is 20.4. The van der Waals surface area contributed by atoms with E-state index in [0.717, 1.165) is 16.7 Å². The molecule has 0 aliphatic heterocycles. The quantitative estimate of drug-likeness (QED) is 0.445. The first-order valence-corrected chi connectivity index (χ1v) is 9.62. The van der Waals surface area contributed by atoms with Crippen molar-refractivity contribution in [2.45, 2.75) is 12.1 Å². The Labute approximate surface area is 167 Å². The van der Waals surface area contributed by atoms with E-state index >= 15 is 0 Å². The zero-order valence-corrected chi connectivity index (χ0v) is 17.4. The number of carbonyl (C=O) groups excluding carboxylic acids is 1. The number of benzene rings is 3. The molecule has 0 fully saturated rings. The van der Waals surface area contributed by atoms with E-state index in [1.165, 1.54) is 0 Å². The molecule has 0 spiro atoms. The summed E-state index contributed by atoms with van der Waals surface area (Å²) in [5, 5.41) is -0.490. The van der Waals surface area contributed by atoms with Gasteiger partial charge in [-0.2, -0.15) is 0 Å². The van der Waals surface area contributed by atoms with E-state index in [1.807, 2.05) is 61.5 Å². The van der Waals surface area contributed by atoms with E-state index in [4.69, 9.17) is 4.74 Å². The highest BCUT2D eigenvalue weighted by Gasteiger charge is 2.45. The Kier molecular flexibility index (Phi) is 7.56. The van der Waals surface area contributed by atoms with Crippen LogP contribution in [0.4, 0.5) is 4.79 Å². The Balaban J connectivity index is 0.00000243. The monoisotopic (exact) mass is 428 g/mol. The van der Waals surface area contributed by atoms with Crippen molar-refractivity contribution in [3.8, 4) is 0 Å². The average Bonchev–Trinajstić information content (AvgIpc) is 2.68. The van der Waals surface area contributed by atoms with Crippen molar-refractivity contribution in [3.63, 3.8) is 0 Å². The average molecular weight is 429 g/mol. The van der Waals surface area contributed by atoms with Crippen LogP contribution in [0.25, 0.3) is 0 Å². The van der Waals surface area contributed by atoms with Crippen molar-refractivity contribution in [3.05, 3.63) is 108 Å². The molecule has 3 aromatic rings. The highest BCUT2D eigenvalue weighted by molar-refractivity contribution is 7.58. The van der Waals surface area contributed by atoms with Crippen molar-refractivity contribution >= 4 is 14.3 Å². The number of halogens is 1. The van der Waals surface area contributed by atoms with Gasteiger partial charge in [-0.15, -0.1) is 0 Å². The molecule has 0 amide bonds. The lowest BCUT2D eigenvalue weighted by molar-refractivity contribution is -0.00000975. The fraction of sp³-hybridized carbons (Fsp3) is 0.136. The molecule has 0 saturated heterocycles. The smallest absolute Gasteiger partial charge is 0.447 e. The van der Waals surface area contributed by atoms with Gasteiger partial charge in [-0.3, -0.25) is 0 Å². The third-order valence-electron chi connectivity index (χ3n) is 4.31. The second-order valence-electron chi connectivity index (χ2n) is 5.80. The van der Waals surface area contributed by atoms with Gasteiger partial charge < -0.3 is 21.7 Å². The van der Waals surface area contributed by atoms with Gasteiger partial charge in [-0.1, -0.05) is 91.0 Å². The van der Waals surface area contributed by atoms with Crippen molar-refractivity contribution in [1.29, 1.82) is 0 Å². The minimum Gasteiger partial charge on any atom is -1.00 e. The SMILES string of the molecule is CCOC(=O)[PH2+]C(c1ccccc1)(c1ccccc1)c1ccccc1.[Br-]. The summed E-state index contributed by atoms with van der Waals surface area (Å²) >= 11 is 0. The van der Waals surface area contributed by atoms with Crippen molar-refractivity contribution in [2.75, 3.05) is 6.61 Å². The molecule has 0 N–H and O–H groups in total. The fourth-order valence-electron chi connectivity index (χ4n) is 3.21. The van der Waals surface area contributed by atoms with Crippen LogP contribution in [0, 0.1) is 0 Å². The van der Waals surface area contributed by atoms with Gasteiger partial charge in [0.05, 0.1) is 6.61 Å². The summed E-state index contributed by atoms with van der Waals surface area (Å²) in [7, 11) is -0.689. The highest BCUT2D eigenvalue weighted by Crippen LogP contribution is 2.52. The minimum atomic E-state index is -0.689. The Morgan fingerprint density at radius 1 is 0.769 bits per heavy atom.